The first-order chi connectivity index (χ1) is 20.4. The molecule has 0 saturated carbocycles. The van der Waals surface area contributed by atoms with Crippen LogP contribution in [-0.2, 0) is 14.3 Å². The van der Waals surface area contributed by atoms with Crippen molar-refractivity contribution in [3.63, 3.8) is 0 Å². The van der Waals surface area contributed by atoms with Crippen molar-refractivity contribution in [3.8, 4) is 0 Å². The van der Waals surface area contributed by atoms with E-state index in [9.17, 15) is 14.4 Å². The topological polar surface area (TPSA) is 109 Å². The molecule has 1 saturated heterocycles. The average Bonchev–Trinajstić information content (AvgIpc) is 3.33. The fourth-order valence-electron chi connectivity index (χ4n) is 5.43. The van der Waals surface area contributed by atoms with Crippen molar-refractivity contribution in [1.29, 1.82) is 0 Å². The third-order valence-electron chi connectivity index (χ3n) is 7.78. The van der Waals surface area contributed by atoms with Crippen LogP contribution >= 0.6 is 0 Å². The number of fused-ring (bicyclic) bond motifs is 1. The van der Waals surface area contributed by atoms with Gasteiger partial charge in [0.15, 0.2) is 0 Å². The lowest BCUT2D eigenvalue weighted by Gasteiger charge is -2.32. The number of likely N-dealkylation sites (tertiary alicyclic amines) is 1. The number of nitrogens with one attached hydrogen (secondary N) is 3. The lowest BCUT2D eigenvalue weighted by atomic mass is 9.96. The highest BCUT2D eigenvalue weighted by Crippen LogP contribution is 2.39. The molecule has 1 fully saturated rings. The summed E-state index contributed by atoms with van der Waals surface area (Å²) in [6, 6.07) is 20.5. The van der Waals surface area contributed by atoms with E-state index in [1.165, 1.54) is 7.11 Å². The monoisotopic (exact) mass is 568 g/mol. The van der Waals surface area contributed by atoms with E-state index in [0.717, 1.165) is 43.7 Å². The molecule has 2 amide bonds. The van der Waals surface area contributed by atoms with Gasteiger partial charge in [-0.1, -0.05) is 30.3 Å². The van der Waals surface area contributed by atoms with Gasteiger partial charge < -0.3 is 30.3 Å². The Bertz CT molecular complexity index is 1490. The van der Waals surface area contributed by atoms with Gasteiger partial charge in [-0.05, 0) is 67.3 Å². The van der Waals surface area contributed by atoms with Gasteiger partial charge in [0, 0.05) is 49.6 Å². The number of methoxy groups -OCH3 is 2. The summed E-state index contributed by atoms with van der Waals surface area (Å²) in [6.45, 7) is 5.32. The molecule has 0 unspecified atom stereocenters. The number of esters is 1. The Kier molecular flexibility index (Phi) is 9.00. The smallest absolute Gasteiger partial charge is 0.338 e. The minimum absolute atomic E-state index is 0.0977. The van der Waals surface area contributed by atoms with Crippen molar-refractivity contribution < 1.29 is 23.9 Å². The SMILES string of the molecule is COCCN1CCC(NC(=O)c2ccc(N/C(=C3\C(=O)Nc4cc(C(=O)OC)c(C)cc43)c3ccccc3)cc2)CC1. The molecule has 2 heterocycles. The predicted molar refractivity (Wildman–Crippen MR) is 163 cm³/mol. The van der Waals surface area contributed by atoms with Crippen LogP contribution in [0, 0.1) is 6.92 Å². The number of carbonyl (C=O) groups is 3. The maximum absolute atomic E-state index is 13.3. The molecule has 0 aliphatic carbocycles. The van der Waals surface area contributed by atoms with Crippen molar-refractivity contribution in [3.05, 3.63) is 94.5 Å². The fraction of sp³-hybridized carbons (Fsp3) is 0.303. The average molecular weight is 569 g/mol. The second-order valence-corrected chi connectivity index (χ2v) is 10.6. The number of aryl methyl sites for hydroxylation is 1. The van der Waals surface area contributed by atoms with Crippen LogP contribution < -0.4 is 16.0 Å². The first kappa shape index (κ1) is 29.0. The highest BCUT2D eigenvalue weighted by molar-refractivity contribution is 6.37. The van der Waals surface area contributed by atoms with E-state index in [1.807, 2.05) is 55.5 Å². The van der Waals surface area contributed by atoms with E-state index in [2.05, 4.69) is 20.9 Å². The Hall–Kier alpha value is -4.47. The molecular weight excluding hydrogens is 532 g/mol. The largest absolute Gasteiger partial charge is 0.465 e. The summed E-state index contributed by atoms with van der Waals surface area (Å²) in [5.74, 6) is -0.832. The summed E-state index contributed by atoms with van der Waals surface area (Å²) < 4.78 is 10.1. The summed E-state index contributed by atoms with van der Waals surface area (Å²) in [7, 11) is 3.04. The number of benzene rings is 3. The third-order valence-corrected chi connectivity index (χ3v) is 7.78. The minimum atomic E-state index is -0.458. The van der Waals surface area contributed by atoms with Gasteiger partial charge in [-0.3, -0.25) is 9.59 Å². The molecule has 3 aromatic rings. The Morgan fingerprint density at radius 3 is 2.36 bits per heavy atom. The molecular formula is C33H36N4O5. The number of ether oxygens (including phenoxy) is 2. The number of anilines is 2. The minimum Gasteiger partial charge on any atom is -0.465 e. The molecule has 0 radical (unpaired) electrons. The van der Waals surface area contributed by atoms with Crippen LogP contribution in [0.2, 0.25) is 0 Å². The number of amides is 2. The Morgan fingerprint density at radius 2 is 1.69 bits per heavy atom. The molecule has 3 N–H and O–H groups in total. The number of carbonyl (C=O) groups excluding carboxylic acids is 3. The molecule has 0 atom stereocenters. The molecule has 5 rings (SSSR count). The number of piperidine rings is 1. The highest BCUT2D eigenvalue weighted by Gasteiger charge is 2.30. The van der Waals surface area contributed by atoms with Crippen molar-refractivity contribution in [1.82, 2.24) is 10.2 Å². The molecule has 218 valence electrons. The maximum Gasteiger partial charge on any atom is 0.338 e. The summed E-state index contributed by atoms with van der Waals surface area (Å²) in [5.41, 5.74) is 5.57. The van der Waals surface area contributed by atoms with Crippen molar-refractivity contribution in [2.75, 3.05) is 51.1 Å². The summed E-state index contributed by atoms with van der Waals surface area (Å²) in [5, 5.41) is 9.49. The van der Waals surface area contributed by atoms with Crippen LogP contribution in [0.25, 0.3) is 11.3 Å². The number of rotatable bonds is 9. The zero-order valence-corrected chi connectivity index (χ0v) is 24.2. The summed E-state index contributed by atoms with van der Waals surface area (Å²) >= 11 is 0. The van der Waals surface area contributed by atoms with Crippen LogP contribution in [0.5, 0.6) is 0 Å². The van der Waals surface area contributed by atoms with Crippen molar-refractivity contribution >= 4 is 40.4 Å². The molecule has 42 heavy (non-hydrogen) atoms. The van der Waals surface area contributed by atoms with Gasteiger partial charge in [0.2, 0.25) is 0 Å². The second-order valence-electron chi connectivity index (χ2n) is 10.6. The molecule has 2 aliphatic rings. The zero-order valence-electron chi connectivity index (χ0n) is 24.2. The van der Waals surface area contributed by atoms with Crippen LogP contribution in [0.1, 0.15) is 50.2 Å². The quantitative estimate of drug-likeness (QED) is 0.257. The number of nitrogens with zero attached hydrogens (tertiary/aromatic N) is 1. The first-order valence-corrected chi connectivity index (χ1v) is 14.1. The van der Waals surface area contributed by atoms with Gasteiger partial charge in [-0.2, -0.15) is 0 Å². The van der Waals surface area contributed by atoms with Crippen LogP contribution in [0.15, 0.2) is 66.7 Å². The number of hydrogen-bond acceptors (Lipinski definition) is 7. The highest BCUT2D eigenvalue weighted by atomic mass is 16.5. The Labute approximate surface area is 245 Å². The van der Waals surface area contributed by atoms with E-state index in [1.54, 1.807) is 25.3 Å². The Balaban J connectivity index is 1.37. The predicted octanol–water partition coefficient (Wildman–Crippen LogP) is 4.55. The second kappa shape index (κ2) is 13.0. The lowest BCUT2D eigenvalue weighted by Crippen LogP contribution is -2.45. The van der Waals surface area contributed by atoms with Gasteiger partial charge in [0.1, 0.15) is 0 Å². The molecule has 0 aromatic heterocycles. The Morgan fingerprint density at radius 1 is 0.976 bits per heavy atom. The van der Waals surface area contributed by atoms with E-state index in [-0.39, 0.29) is 17.9 Å². The van der Waals surface area contributed by atoms with Gasteiger partial charge in [-0.15, -0.1) is 0 Å². The number of hydrogen-bond donors (Lipinski definition) is 3. The summed E-state index contributed by atoms with van der Waals surface area (Å²) in [4.78, 5) is 40.9. The van der Waals surface area contributed by atoms with E-state index in [4.69, 9.17) is 9.47 Å². The van der Waals surface area contributed by atoms with Gasteiger partial charge in [0.05, 0.1) is 36.2 Å². The van der Waals surface area contributed by atoms with Crippen LogP contribution in [0.3, 0.4) is 0 Å². The maximum atomic E-state index is 13.3. The molecule has 3 aromatic carbocycles. The fourth-order valence-corrected chi connectivity index (χ4v) is 5.43. The summed E-state index contributed by atoms with van der Waals surface area (Å²) in [6.07, 6.45) is 1.82. The molecule has 0 spiro atoms. The van der Waals surface area contributed by atoms with E-state index >= 15 is 0 Å². The normalized spacial score (nSPS) is 16.4. The van der Waals surface area contributed by atoms with Gasteiger partial charge >= 0.3 is 5.97 Å². The molecule has 2 aliphatic heterocycles. The third kappa shape index (κ3) is 6.37. The van der Waals surface area contributed by atoms with Crippen molar-refractivity contribution in [2.45, 2.75) is 25.8 Å². The van der Waals surface area contributed by atoms with Crippen LogP contribution in [0.4, 0.5) is 11.4 Å². The van der Waals surface area contributed by atoms with Crippen LogP contribution in [-0.4, -0.2) is 69.2 Å². The molecule has 9 nitrogen and oxygen atoms in total. The van der Waals surface area contributed by atoms with Gasteiger partial charge in [-0.25, -0.2) is 4.79 Å². The zero-order chi connectivity index (χ0) is 29.6. The van der Waals surface area contributed by atoms with Gasteiger partial charge in [0.25, 0.3) is 11.8 Å². The van der Waals surface area contributed by atoms with E-state index < -0.39 is 5.97 Å². The standard InChI is InChI=1S/C33H36N4O5/c1-21-19-27-28(20-26(21)33(40)42-3)36-32(39)29(27)30(22-7-5-4-6-8-22)34-24-11-9-23(10-12-24)31(38)35-25-13-15-37(16-14-25)17-18-41-2/h4-12,19-20,25,34H,13-18H2,1-3H3,(H,35,38)(H,36,39)/b30-29-. The lowest BCUT2D eigenvalue weighted by molar-refractivity contribution is -0.110. The van der Waals surface area contributed by atoms with Crippen molar-refractivity contribution in [2.24, 2.45) is 0 Å². The molecule has 9 heteroatoms. The molecule has 0 bridgehead atoms. The first-order valence-electron chi connectivity index (χ1n) is 14.1. The van der Waals surface area contributed by atoms with E-state index in [0.29, 0.717) is 45.8 Å².